The number of carboxylic acids is 1. The lowest BCUT2D eigenvalue weighted by Crippen LogP contribution is -2.44. The molecule has 0 radical (unpaired) electrons. The number of benzene rings is 2. The predicted octanol–water partition coefficient (Wildman–Crippen LogP) is 2.67. The van der Waals surface area contributed by atoms with Crippen LogP contribution in [0, 0.1) is 0 Å². The van der Waals surface area contributed by atoms with Crippen molar-refractivity contribution in [2.75, 3.05) is 24.4 Å². The summed E-state index contributed by atoms with van der Waals surface area (Å²) in [5.41, 5.74) is 2.54. The molecule has 2 unspecified atom stereocenters. The summed E-state index contributed by atoms with van der Waals surface area (Å²) in [4.78, 5) is 17.8. The highest BCUT2D eigenvalue weighted by Crippen LogP contribution is 2.26. The van der Waals surface area contributed by atoms with Gasteiger partial charge in [-0.2, -0.15) is 13.2 Å². The Balaban J connectivity index is 1.45. The summed E-state index contributed by atoms with van der Waals surface area (Å²) >= 11 is 0. The molecule has 15 heteroatoms. The van der Waals surface area contributed by atoms with Gasteiger partial charge in [0.05, 0.1) is 0 Å². The van der Waals surface area contributed by atoms with Gasteiger partial charge >= 0.3 is 11.5 Å². The number of alkyl halides is 3. The molecule has 4 rings (SSSR count). The van der Waals surface area contributed by atoms with Crippen LogP contribution in [0.1, 0.15) is 28.5 Å². The van der Waals surface area contributed by atoms with E-state index in [4.69, 9.17) is 5.73 Å². The van der Waals surface area contributed by atoms with Crippen LogP contribution in [0.5, 0.6) is 0 Å². The van der Waals surface area contributed by atoms with Crippen LogP contribution in [0.3, 0.4) is 0 Å². The number of amidine groups is 1. The first-order valence-corrected chi connectivity index (χ1v) is 14.5. The highest BCUT2D eigenvalue weighted by molar-refractivity contribution is 7.92. The fourth-order valence-corrected chi connectivity index (χ4v) is 5.02. The number of rotatable bonds is 12. The number of carbonyl (C=O) groups is 1. The first kappa shape index (κ1) is 30.9. The van der Waals surface area contributed by atoms with E-state index in [1.165, 1.54) is 18.2 Å². The van der Waals surface area contributed by atoms with Crippen LogP contribution < -0.4 is 16.4 Å². The minimum atomic E-state index is -5.37. The number of hydrogen-bond acceptors (Lipinski definition) is 9. The molecular formula is C27H31F3N6O5S. The second-order valence-corrected chi connectivity index (χ2v) is 11.9. The Hall–Kier alpha value is -4.08. The maximum absolute atomic E-state index is 12.7. The predicted molar refractivity (Wildman–Crippen MR) is 153 cm³/mol. The van der Waals surface area contributed by atoms with Gasteiger partial charge < -0.3 is 36.0 Å². The third-order valence-corrected chi connectivity index (χ3v) is 7.93. The largest absolute Gasteiger partial charge is 0.499 e. The van der Waals surface area contributed by atoms with E-state index >= 15 is 0 Å². The SMILES string of the molecule is CC(Cc1ccc2c(c1)cc(C(=O)O)n2Cc1cccc(NCS(=O)(=O)C(F)(F)F)c1)NCC(O)N1C=CC(N)=NC1. The van der Waals surface area contributed by atoms with E-state index in [2.05, 4.69) is 15.6 Å². The standard InChI is InChI=1S/C27H31F3N6O5S/c1-17(32-13-25(37)35-8-7-24(31)33-15-35)9-18-5-6-22-20(10-18)12-23(26(38)39)36(22)14-19-3-2-4-21(11-19)34-16-42(40,41)27(28,29)30/h2-8,10-12,17,25,32,34,37H,9,13-16H2,1H3,(H2,31,33)(H,38,39). The van der Waals surface area contributed by atoms with Crippen molar-refractivity contribution in [3.8, 4) is 0 Å². The Bertz CT molecular complexity index is 1620. The number of carboxylic acid groups (broad SMARTS) is 1. The number of nitrogens with zero attached hydrogens (tertiary/aromatic N) is 3. The van der Waals surface area contributed by atoms with Crippen LogP contribution in [0.2, 0.25) is 0 Å². The van der Waals surface area contributed by atoms with Crippen LogP contribution in [0.4, 0.5) is 18.9 Å². The molecule has 2 heterocycles. The number of hydrogen-bond donors (Lipinski definition) is 5. The zero-order chi connectivity index (χ0) is 30.7. The fourth-order valence-electron chi connectivity index (χ4n) is 4.50. The van der Waals surface area contributed by atoms with E-state index in [1.54, 1.807) is 39.9 Å². The fraction of sp³-hybridized carbons (Fsp3) is 0.333. The third-order valence-electron chi connectivity index (χ3n) is 6.70. The maximum atomic E-state index is 12.7. The van der Waals surface area contributed by atoms with Crippen LogP contribution in [0.15, 0.2) is 65.8 Å². The summed E-state index contributed by atoms with van der Waals surface area (Å²) in [6.07, 6.45) is 3.11. The number of fused-ring (bicyclic) bond motifs is 1. The number of nitrogens with one attached hydrogen (secondary N) is 2. The molecule has 6 N–H and O–H groups in total. The average Bonchev–Trinajstić information content (AvgIpc) is 3.28. The minimum Gasteiger partial charge on any atom is -0.477 e. The molecule has 0 aliphatic carbocycles. The molecule has 0 saturated heterocycles. The quantitative estimate of drug-likeness (QED) is 0.208. The molecule has 1 aliphatic rings. The van der Waals surface area contributed by atoms with Crippen molar-refractivity contribution in [3.63, 3.8) is 0 Å². The molecule has 1 aromatic heterocycles. The van der Waals surface area contributed by atoms with E-state index < -0.39 is 33.4 Å². The lowest BCUT2D eigenvalue weighted by atomic mass is 10.1. The van der Waals surface area contributed by atoms with Gasteiger partial charge in [-0.3, -0.25) is 0 Å². The number of aliphatic hydroxyl groups is 1. The molecule has 2 atom stereocenters. The second-order valence-electron chi connectivity index (χ2n) is 9.94. The first-order valence-electron chi connectivity index (χ1n) is 12.9. The normalized spacial score (nSPS) is 15.5. The Labute approximate surface area is 240 Å². The highest BCUT2D eigenvalue weighted by atomic mass is 32.2. The van der Waals surface area contributed by atoms with E-state index in [1.807, 2.05) is 19.1 Å². The van der Waals surface area contributed by atoms with Crippen molar-refractivity contribution in [1.82, 2.24) is 14.8 Å². The summed E-state index contributed by atoms with van der Waals surface area (Å²) in [7, 11) is -5.36. The summed E-state index contributed by atoms with van der Waals surface area (Å²) in [6, 6.07) is 13.2. The number of nitrogens with two attached hydrogens (primary N) is 1. The number of halogens is 3. The molecule has 0 spiro atoms. The molecule has 2 aromatic carbocycles. The van der Waals surface area contributed by atoms with Gasteiger partial charge in [-0.05, 0) is 60.9 Å². The van der Waals surface area contributed by atoms with Crippen LogP contribution in [-0.2, 0) is 22.8 Å². The Morgan fingerprint density at radius 2 is 1.93 bits per heavy atom. The van der Waals surface area contributed by atoms with Crippen LogP contribution in [-0.4, -0.2) is 76.8 Å². The van der Waals surface area contributed by atoms with Gasteiger partial charge in [0, 0.05) is 41.9 Å². The van der Waals surface area contributed by atoms with Gasteiger partial charge in [-0.1, -0.05) is 18.2 Å². The zero-order valence-electron chi connectivity index (χ0n) is 22.5. The number of aliphatic hydroxyl groups excluding tert-OH is 1. The lowest BCUT2D eigenvalue weighted by molar-refractivity contribution is -0.0433. The van der Waals surface area contributed by atoms with Gasteiger partial charge in [0.25, 0.3) is 9.84 Å². The topological polar surface area (TPSA) is 162 Å². The van der Waals surface area contributed by atoms with Gasteiger partial charge in [0.2, 0.25) is 0 Å². The smallest absolute Gasteiger partial charge is 0.477 e. The molecule has 0 amide bonds. The van der Waals surface area contributed by atoms with Crippen LogP contribution >= 0.6 is 0 Å². The summed E-state index contributed by atoms with van der Waals surface area (Å²) in [5.74, 6) is -2.07. The maximum Gasteiger partial charge on any atom is 0.499 e. The van der Waals surface area contributed by atoms with Crippen molar-refractivity contribution in [3.05, 3.63) is 77.6 Å². The number of aliphatic imine (C=N–C) groups is 1. The summed E-state index contributed by atoms with van der Waals surface area (Å²) in [5, 5.41) is 26.5. The molecule has 0 saturated carbocycles. The van der Waals surface area contributed by atoms with E-state index in [0.717, 1.165) is 5.56 Å². The molecule has 0 bridgehead atoms. The van der Waals surface area contributed by atoms with E-state index in [9.17, 15) is 36.6 Å². The lowest BCUT2D eigenvalue weighted by Gasteiger charge is -2.28. The minimum absolute atomic E-state index is 0.0168. The van der Waals surface area contributed by atoms with Crippen molar-refractivity contribution in [2.24, 2.45) is 10.7 Å². The van der Waals surface area contributed by atoms with E-state index in [0.29, 0.717) is 35.3 Å². The first-order chi connectivity index (χ1) is 19.7. The van der Waals surface area contributed by atoms with Gasteiger partial charge in [-0.25, -0.2) is 18.2 Å². The van der Waals surface area contributed by atoms with Gasteiger partial charge in [-0.15, -0.1) is 0 Å². The van der Waals surface area contributed by atoms with Crippen LogP contribution in [0.25, 0.3) is 10.9 Å². The number of sulfone groups is 1. The molecule has 0 fully saturated rings. The molecule has 226 valence electrons. The van der Waals surface area contributed by atoms with Gasteiger partial charge in [0.1, 0.15) is 30.3 Å². The van der Waals surface area contributed by atoms with Crippen molar-refractivity contribution in [1.29, 1.82) is 0 Å². The summed E-state index contributed by atoms with van der Waals surface area (Å²) in [6.45, 7) is 2.61. The number of aromatic carboxylic acids is 1. The Morgan fingerprint density at radius 1 is 1.17 bits per heavy atom. The summed E-state index contributed by atoms with van der Waals surface area (Å²) < 4.78 is 62.4. The molecule has 3 aromatic rings. The van der Waals surface area contributed by atoms with Crippen molar-refractivity contribution < 1.29 is 36.6 Å². The van der Waals surface area contributed by atoms with Gasteiger partial charge in [0.15, 0.2) is 0 Å². The number of anilines is 1. The third kappa shape index (κ3) is 7.40. The monoisotopic (exact) mass is 608 g/mol. The molecule has 11 nitrogen and oxygen atoms in total. The van der Waals surface area contributed by atoms with Crippen molar-refractivity contribution >= 4 is 38.2 Å². The number of aromatic nitrogens is 1. The molecule has 42 heavy (non-hydrogen) atoms. The van der Waals surface area contributed by atoms with E-state index in [-0.39, 0.29) is 30.6 Å². The Morgan fingerprint density at radius 3 is 2.60 bits per heavy atom. The second kappa shape index (κ2) is 12.4. The zero-order valence-corrected chi connectivity index (χ0v) is 23.4. The molecular weight excluding hydrogens is 577 g/mol. The molecule has 1 aliphatic heterocycles. The Kier molecular flexibility index (Phi) is 9.13. The highest BCUT2D eigenvalue weighted by Gasteiger charge is 2.45. The van der Waals surface area contributed by atoms with Crippen molar-refractivity contribution in [2.45, 2.75) is 37.7 Å². The average molecular weight is 609 g/mol.